The number of hydrogen-bond donors (Lipinski definition) is 2. The molecule has 1 atom stereocenters. The standard InChI is InChI=1S/C28H23ClF6N8/c1-14-17(2-3-21(30)39-14)24(20-12-43(42-41-20)27(6-7-27)28(33,34)35)40-16-8-18-22(38-13-26(4-5-26)25(31)32)15(10-36)11-37-23(18)19(29)9-16/h2-3,8-9,11-12,24-25,40H,4-7,13H2,1H3,(H,37,38)/t24-/m0/s1. The molecule has 2 N–H and O–H groups in total. The zero-order valence-corrected chi connectivity index (χ0v) is 23.2. The first-order chi connectivity index (χ1) is 20.4. The molecule has 224 valence electrons. The van der Waals surface area contributed by atoms with Gasteiger partial charge in [-0.25, -0.2) is 18.4 Å². The van der Waals surface area contributed by atoms with Gasteiger partial charge in [0.25, 0.3) is 0 Å². The number of anilines is 2. The highest BCUT2D eigenvalue weighted by molar-refractivity contribution is 6.35. The average molecular weight is 621 g/mol. The zero-order valence-electron chi connectivity index (χ0n) is 22.5. The highest BCUT2D eigenvalue weighted by atomic mass is 35.5. The topological polar surface area (TPSA) is 104 Å². The minimum atomic E-state index is -4.53. The molecule has 3 aromatic heterocycles. The number of fused-ring (bicyclic) bond motifs is 1. The van der Waals surface area contributed by atoms with Crippen LogP contribution in [0.4, 0.5) is 37.7 Å². The fourth-order valence-corrected chi connectivity index (χ4v) is 5.49. The normalized spacial score (nSPS) is 17.5. The van der Waals surface area contributed by atoms with Gasteiger partial charge in [-0.05, 0) is 50.8 Å². The zero-order chi connectivity index (χ0) is 30.7. The Labute approximate surface area is 246 Å². The van der Waals surface area contributed by atoms with Gasteiger partial charge in [-0.15, -0.1) is 5.10 Å². The predicted octanol–water partition coefficient (Wildman–Crippen LogP) is 6.90. The Kier molecular flexibility index (Phi) is 6.91. The highest BCUT2D eigenvalue weighted by Crippen LogP contribution is 2.55. The lowest BCUT2D eigenvalue weighted by atomic mass is 10.0. The number of nitrogens with one attached hydrogen (secondary N) is 2. The largest absolute Gasteiger partial charge is 0.413 e. The fourth-order valence-electron chi connectivity index (χ4n) is 5.22. The monoisotopic (exact) mass is 620 g/mol. The van der Waals surface area contributed by atoms with Crippen LogP contribution in [0.15, 0.2) is 36.7 Å². The van der Waals surface area contributed by atoms with Gasteiger partial charge in [0.2, 0.25) is 12.4 Å². The van der Waals surface area contributed by atoms with Crippen LogP contribution >= 0.6 is 11.6 Å². The van der Waals surface area contributed by atoms with Gasteiger partial charge >= 0.3 is 6.18 Å². The molecule has 1 aromatic carbocycles. The van der Waals surface area contributed by atoms with E-state index in [1.54, 1.807) is 13.0 Å². The molecule has 4 aromatic rings. The molecule has 3 heterocycles. The first kappa shape index (κ1) is 29.0. The lowest BCUT2D eigenvalue weighted by Crippen LogP contribution is -2.35. The molecule has 0 bridgehead atoms. The van der Waals surface area contributed by atoms with Crippen molar-refractivity contribution >= 4 is 33.9 Å². The van der Waals surface area contributed by atoms with Crippen LogP contribution in [0, 0.1) is 29.6 Å². The van der Waals surface area contributed by atoms with Crippen LogP contribution in [0.5, 0.6) is 0 Å². The van der Waals surface area contributed by atoms with E-state index in [0.29, 0.717) is 35.0 Å². The molecule has 43 heavy (non-hydrogen) atoms. The Morgan fingerprint density at radius 1 is 1.16 bits per heavy atom. The Morgan fingerprint density at radius 3 is 2.51 bits per heavy atom. The summed E-state index contributed by atoms with van der Waals surface area (Å²) in [7, 11) is 0. The van der Waals surface area contributed by atoms with Crippen LogP contribution in [-0.2, 0) is 5.54 Å². The number of pyridine rings is 2. The first-order valence-corrected chi connectivity index (χ1v) is 13.7. The Hall–Kier alpha value is -4.12. The summed E-state index contributed by atoms with van der Waals surface area (Å²) in [6.45, 7) is 1.48. The molecular formula is C28H23ClF6N8. The molecular weight excluding hydrogens is 598 g/mol. The molecule has 8 nitrogen and oxygen atoms in total. The van der Waals surface area contributed by atoms with Gasteiger partial charge in [-0.1, -0.05) is 22.9 Å². The molecule has 15 heteroatoms. The lowest BCUT2D eigenvalue weighted by Gasteiger charge is -2.22. The number of alkyl halides is 5. The number of benzene rings is 1. The van der Waals surface area contributed by atoms with Crippen molar-refractivity contribution < 1.29 is 26.3 Å². The maximum atomic E-state index is 13.9. The van der Waals surface area contributed by atoms with Gasteiger partial charge in [-0.3, -0.25) is 4.98 Å². The second kappa shape index (κ2) is 10.3. The number of nitriles is 1. The van der Waals surface area contributed by atoms with Crippen LogP contribution in [0.25, 0.3) is 10.9 Å². The number of aryl methyl sites for hydroxylation is 1. The number of halogens is 7. The van der Waals surface area contributed by atoms with Crippen LogP contribution < -0.4 is 10.6 Å². The van der Waals surface area contributed by atoms with Gasteiger partial charge in [-0.2, -0.15) is 22.8 Å². The number of nitrogens with zero attached hydrogens (tertiary/aromatic N) is 6. The number of rotatable bonds is 9. The van der Waals surface area contributed by atoms with E-state index < -0.39 is 35.5 Å². The minimum absolute atomic E-state index is 0.0686. The van der Waals surface area contributed by atoms with E-state index in [9.17, 15) is 31.6 Å². The van der Waals surface area contributed by atoms with Gasteiger partial charge < -0.3 is 10.6 Å². The van der Waals surface area contributed by atoms with Crippen LogP contribution in [0.2, 0.25) is 5.02 Å². The van der Waals surface area contributed by atoms with Gasteiger partial charge in [0.05, 0.1) is 34.0 Å². The molecule has 0 unspecified atom stereocenters. The predicted molar refractivity (Wildman–Crippen MR) is 145 cm³/mol. The molecule has 0 aliphatic heterocycles. The van der Waals surface area contributed by atoms with E-state index in [1.807, 2.05) is 6.07 Å². The molecule has 6 rings (SSSR count). The second-order valence-electron chi connectivity index (χ2n) is 11.0. The highest BCUT2D eigenvalue weighted by Gasteiger charge is 2.66. The Bertz CT molecular complexity index is 1760. The van der Waals surface area contributed by atoms with E-state index in [-0.39, 0.29) is 47.0 Å². The maximum absolute atomic E-state index is 13.9. The van der Waals surface area contributed by atoms with E-state index in [1.165, 1.54) is 24.5 Å². The molecule has 2 fully saturated rings. The van der Waals surface area contributed by atoms with E-state index in [2.05, 4.69) is 30.9 Å². The molecule has 2 aliphatic rings. The minimum Gasteiger partial charge on any atom is -0.383 e. The molecule has 0 amide bonds. The fraction of sp³-hybridized carbons (Fsp3) is 0.393. The smallest absolute Gasteiger partial charge is 0.383 e. The van der Waals surface area contributed by atoms with Crippen molar-refractivity contribution in [3.05, 3.63) is 70.1 Å². The summed E-state index contributed by atoms with van der Waals surface area (Å²) in [4.78, 5) is 8.13. The molecule has 2 aliphatic carbocycles. The third-order valence-electron chi connectivity index (χ3n) is 8.23. The lowest BCUT2D eigenvalue weighted by molar-refractivity contribution is -0.182. The summed E-state index contributed by atoms with van der Waals surface area (Å²) < 4.78 is 83.3. The van der Waals surface area contributed by atoms with Crippen molar-refractivity contribution in [1.82, 2.24) is 25.0 Å². The molecule has 0 saturated heterocycles. The Balaban J connectivity index is 1.42. The molecule has 0 spiro atoms. The van der Waals surface area contributed by atoms with Gasteiger partial charge in [0.15, 0.2) is 5.54 Å². The number of aromatic nitrogens is 5. The van der Waals surface area contributed by atoms with Crippen molar-refractivity contribution in [2.24, 2.45) is 5.41 Å². The van der Waals surface area contributed by atoms with Crippen LogP contribution in [-0.4, -0.2) is 44.1 Å². The maximum Gasteiger partial charge on any atom is 0.413 e. The van der Waals surface area contributed by atoms with Crippen molar-refractivity contribution in [3.63, 3.8) is 0 Å². The first-order valence-electron chi connectivity index (χ1n) is 13.3. The average Bonchev–Trinajstić information content (AvgIpc) is 3.87. The van der Waals surface area contributed by atoms with E-state index >= 15 is 0 Å². The van der Waals surface area contributed by atoms with Crippen molar-refractivity contribution in [2.75, 3.05) is 17.2 Å². The molecule has 0 radical (unpaired) electrons. The van der Waals surface area contributed by atoms with Crippen LogP contribution in [0.1, 0.15) is 54.2 Å². The summed E-state index contributed by atoms with van der Waals surface area (Å²) in [6, 6.07) is 6.75. The van der Waals surface area contributed by atoms with E-state index in [0.717, 1.165) is 10.7 Å². The number of hydrogen-bond acceptors (Lipinski definition) is 7. The second-order valence-corrected chi connectivity index (χ2v) is 11.4. The quantitative estimate of drug-likeness (QED) is 0.155. The summed E-state index contributed by atoms with van der Waals surface area (Å²) in [5.41, 5.74) is -1.50. The third kappa shape index (κ3) is 5.09. The summed E-state index contributed by atoms with van der Waals surface area (Å²) >= 11 is 6.58. The van der Waals surface area contributed by atoms with Crippen molar-refractivity contribution in [3.8, 4) is 6.07 Å². The van der Waals surface area contributed by atoms with Gasteiger partial charge in [0, 0.05) is 40.5 Å². The van der Waals surface area contributed by atoms with Gasteiger partial charge in [0.1, 0.15) is 11.8 Å². The van der Waals surface area contributed by atoms with Crippen molar-refractivity contribution in [2.45, 2.75) is 56.8 Å². The van der Waals surface area contributed by atoms with E-state index in [4.69, 9.17) is 11.6 Å². The Morgan fingerprint density at radius 2 is 1.91 bits per heavy atom. The SMILES string of the molecule is Cc1nc(F)ccc1[C@H](Nc1cc(Cl)c2ncc(C#N)c(NCC3(C(F)F)CC3)c2c1)c1cn(C2(C(F)(F)F)CC2)nn1. The van der Waals surface area contributed by atoms with Crippen molar-refractivity contribution in [1.29, 1.82) is 5.26 Å². The van der Waals surface area contributed by atoms with Crippen LogP contribution in [0.3, 0.4) is 0 Å². The summed E-state index contributed by atoms with van der Waals surface area (Å²) in [5.74, 6) is -0.741. The summed E-state index contributed by atoms with van der Waals surface area (Å²) in [6.07, 6.45) is -4.14. The molecule has 2 saturated carbocycles. The third-order valence-corrected chi connectivity index (χ3v) is 8.52. The summed E-state index contributed by atoms with van der Waals surface area (Å²) in [5, 5.41) is 24.3.